The Kier molecular flexibility index (Phi) is 7.77. The lowest BCUT2D eigenvalue weighted by Gasteiger charge is -2.27. The summed E-state index contributed by atoms with van der Waals surface area (Å²) in [6, 6.07) is 21.4. The molecule has 2 amide bonds. The number of ether oxygens (including phenoxy) is 1. The quantitative estimate of drug-likeness (QED) is 0.281. The maximum atomic E-state index is 13.0. The Labute approximate surface area is 213 Å². The number of nitriles is 1. The van der Waals surface area contributed by atoms with E-state index < -0.39 is 17.8 Å². The van der Waals surface area contributed by atoms with E-state index in [-0.39, 0.29) is 42.9 Å². The van der Waals surface area contributed by atoms with Crippen LogP contribution in [0.2, 0.25) is 0 Å². The van der Waals surface area contributed by atoms with Gasteiger partial charge in [-0.2, -0.15) is 5.26 Å². The highest BCUT2D eigenvalue weighted by molar-refractivity contribution is 6.19. The van der Waals surface area contributed by atoms with Crippen LogP contribution in [0.1, 0.15) is 35.0 Å². The number of furan rings is 1. The normalized spacial score (nSPS) is 14.7. The van der Waals surface area contributed by atoms with Crippen LogP contribution in [0, 0.1) is 11.3 Å². The molecule has 0 saturated heterocycles. The van der Waals surface area contributed by atoms with Crippen molar-refractivity contribution in [1.29, 1.82) is 5.26 Å². The zero-order chi connectivity index (χ0) is 26.4. The molecule has 1 aromatic heterocycles. The highest BCUT2D eigenvalue weighted by atomic mass is 16.5. The molecule has 8 nitrogen and oxygen atoms in total. The van der Waals surface area contributed by atoms with E-state index in [0.717, 1.165) is 10.5 Å². The summed E-state index contributed by atoms with van der Waals surface area (Å²) >= 11 is 0. The van der Waals surface area contributed by atoms with E-state index in [4.69, 9.17) is 14.3 Å². The highest BCUT2D eigenvalue weighted by Crippen LogP contribution is 2.29. The maximum Gasteiger partial charge on any atom is 0.338 e. The molecule has 2 aromatic carbocycles. The molecule has 1 N–H and O–H groups in total. The van der Waals surface area contributed by atoms with E-state index >= 15 is 0 Å². The third-order valence-corrected chi connectivity index (χ3v) is 5.90. The molecule has 0 atom stereocenters. The van der Waals surface area contributed by atoms with Crippen LogP contribution in [-0.2, 0) is 20.9 Å². The molecule has 4 rings (SSSR count). The molecule has 8 heteroatoms. The molecule has 0 fully saturated rings. The minimum absolute atomic E-state index is 0.00744. The van der Waals surface area contributed by atoms with Crippen molar-refractivity contribution in [2.24, 2.45) is 0 Å². The van der Waals surface area contributed by atoms with E-state index in [1.165, 1.54) is 6.08 Å². The van der Waals surface area contributed by atoms with Crippen molar-refractivity contribution in [3.8, 4) is 17.4 Å². The van der Waals surface area contributed by atoms with Gasteiger partial charge in [0.25, 0.3) is 11.8 Å². The van der Waals surface area contributed by atoms with Gasteiger partial charge in [0.05, 0.1) is 5.56 Å². The number of aliphatic hydroxyl groups is 1. The van der Waals surface area contributed by atoms with Gasteiger partial charge >= 0.3 is 5.97 Å². The van der Waals surface area contributed by atoms with Gasteiger partial charge in [-0.1, -0.05) is 42.5 Å². The molecular formula is C29H24N2O6. The molecule has 1 aliphatic heterocycles. The van der Waals surface area contributed by atoms with Crippen molar-refractivity contribution in [1.82, 2.24) is 4.90 Å². The lowest BCUT2D eigenvalue weighted by molar-refractivity contribution is -0.140. The van der Waals surface area contributed by atoms with Crippen LogP contribution < -0.4 is 0 Å². The molecule has 186 valence electrons. The third-order valence-electron chi connectivity index (χ3n) is 5.90. The van der Waals surface area contributed by atoms with Gasteiger partial charge < -0.3 is 14.3 Å². The fourth-order valence-corrected chi connectivity index (χ4v) is 3.87. The van der Waals surface area contributed by atoms with Gasteiger partial charge in [-0.05, 0) is 54.8 Å². The summed E-state index contributed by atoms with van der Waals surface area (Å²) in [6.45, 7) is 1.54. The predicted molar refractivity (Wildman–Crippen MR) is 134 cm³/mol. The Morgan fingerprint density at radius 1 is 1.05 bits per heavy atom. The lowest BCUT2D eigenvalue weighted by atomic mass is 9.94. The summed E-state index contributed by atoms with van der Waals surface area (Å²) in [5, 5.41) is 18.5. The maximum absolute atomic E-state index is 13.0. The number of carbonyl (C=O) groups excluding carboxylic acids is 3. The van der Waals surface area contributed by atoms with Crippen molar-refractivity contribution in [2.45, 2.75) is 20.0 Å². The Hall–Kier alpha value is -4.74. The van der Waals surface area contributed by atoms with Gasteiger partial charge in [-0.15, -0.1) is 0 Å². The van der Waals surface area contributed by atoms with Crippen LogP contribution in [0.5, 0.6) is 0 Å². The zero-order valence-corrected chi connectivity index (χ0v) is 20.1. The van der Waals surface area contributed by atoms with Gasteiger partial charge in [0.1, 0.15) is 29.8 Å². The average Bonchev–Trinajstić information content (AvgIpc) is 3.39. The van der Waals surface area contributed by atoms with Gasteiger partial charge in [-0.3, -0.25) is 14.5 Å². The van der Waals surface area contributed by atoms with Gasteiger partial charge in [0.15, 0.2) is 0 Å². The Balaban J connectivity index is 1.51. The molecule has 0 radical (unpaired) electrons. The van der Waals surface area contributed by atoms with Crippen molar-refractivity contribution in [3.05, 3.63) is 100 Å². The van der Waals surface area contributed by atoms with Crippen molar-refractivity contribution < 1.29 is 28.6 Å². The number of hydrogen-bond donors (Lipinski definition) is 1. The molecule has 0 saturated carbocycles. The lowest BCUT2D eigenvalue weighted by Crippen LogP contribution is -2.43. The first-order chi connectivity index (χ1) is 17.9. The highest BCUT2D eigenvalue weighted by Gasteiger charge is 2.35. The summed E-state index contributed by atoms with van der Waals surface area (Å²) in [5.41, 5.74) is 2.34. The number of aliphatic hydroxyl groups excluding tert-OH is 1. The van der Waals surface area contributed by atoms with E-state index in [2.05, 4.69) is 0 Å². The van der Waals surface area contributed by atoms with E-state index in [0.29, 0.717) is 22.6 Å². The second-order valence-electron chi connectivity index (χ2n) is 8.35. The number of esters is 1. The van der Waals surface area contributed by atoms with Crippen molar-refractivity contribution >= 4 is 23.9 Å². The van der Waals surface area contributed by atoms with Gasteiger partial charge in [0, 0.05) is 24.3 Å². The topological polar surface area (TPSA) is 121 Å². The first-order valence-corrected chi connectivity index (χ1v) is 11.6. The Morgan fingerprint density at radius 3 is 2.46 bits per heavy atom. The van der Waals surface area contributed by atoms with E-state index in [1.807, 2.05) is 36.4 Å². The van der Waals surface area contributed by atoms with Crippen LogP contribution in [0.3, 0.4) is 0 Å². The largest absolute Gasteiger partial charge is 0.457 e. The molecule has 2 heterocycles. The van der Waals surface area contributed by atoms with Crippen LogP contribution in [-0.4, -0.2) is 40.9 Å². The number of nitrogens with zero attached hydrogens (tertiary/aromatic N) is 2. The second kappa shape index (κ2) is 11.3. The average molecular weight is 497 g/mol. The monoisotopic (exact) mass is 496 g/mol. The predicted octanol–water partition coefficient (Wildman–Crippen LogP) is 4.28. The first kappa shape index (κ1) is 25.4. The summed E-state index contributed by atoms with van der Waals surface area (Å²) < 4.78 is 11.2. The number of amides is 2. The first-order valence-electron chi connectivity index (χ1n) is 11.6. The van der Waals surface area contributed by atoms with Crippen molar-refractivity contribution in [2.75, 3.05) is 13.2 Å². The fourth-order valence-electron chi connectivity index (χ4n) is 3.87. The Bertz CT molecular complexity index is 1430. The van der Waals surface area contributed by atoms with Crippen LogP contribution in [0.15, 0.2) is 87.9 Å². The number of carbonyl (C=O) groups is 3. The minimum atomic E-state index is -0.668. The number of hydrogen-bond acceptors (Lipinski definition) is 7. The molecule has 1 aliphatic rings. The number of rotatable bonds is 8. The summed E-state index contributed by atoms with van der Waals surface area (Å²) in [5.74, 6) is -0.788. The van der Waals surface area contributed by atoms with Crippen LogP contribution in [0.25, 0.3) is 17.4 Å². The Morgan fingerprint density at radius 2 is 1.78 bits per heavy atom. The van der Waals surface area contributed by atoms with Crippen LogP contribution >= 0.6 is 0 Å². The molecule has 0 unspecified atom stereocenters. The fraction of sp³-hybridized carbons (Fsp3) is 0.172. The summed E-state index contributed by atoms with van der Waals surface area (Å²) in [7, 11) is 0. The van der Waals surface area contributed by atoms with Crippen molar-refractivity contribution in [3.63, 3.8) is 0 Å². The van der Waals surface area contributed by atoms with Crippen LogP contribution in [0.4, 0.5) is 0 Å². The second-order valence-corrected chi connectivity index (χ2v) is 8.35. The zero-order valence-electron chi connectivity index (χ0n) is 20.1. The molecule has 3 aromatic rings. The minimum Gasteiger partial charge on any atom is -0.457 e. The van der Waals surface area contributed by atoms with Gasteiger partial charge in [-0.25, -0.2) is 4.79 Å². The third kappa shape index (κ3) is 5.58. The standard InChI is InChI=1S/C29H24N2O6/c1-19-24(27(33)31(14-5-15-32)28(34)25(19)17-30)16-23-12-13-26(37-23)21-8-10-22(11-9-21)29(35)36-18-20-6-3-2-4-7-20/h2-4,6-13,16,32H,5,14-15,18H2,1H3/b24-16-. The number of benzene rings is 2. The number of imide groups is 1. The van der Waals surface area contributed by atoms with E-state index in [9.17, 15) is 19.6 Å². The SMILES string of the molecule is CC1=C(C#N)C(=O)N(CCCO)C(=O)/C1=C\c1ccc(-c2ccc(C(=O)OCc3ccccc3)cc2)o1. The smallest absolute Gasteiger partial charge is 0.338 e. The molecular weight excluding hydrogens is 472 g/mol. The van der Waals surface area contributed by atoms with E-state index in [1.54, 1.807) is 43.3 Å². The molecule has 0 spiro atoms. The molecule has 37 heavy (non-hydrogen) atoms. The molecule has 0 bridgehead atoms. The summed E-state index contributed by atoms with van der Waals surface area (Å²) in [6.07, 6.45) is 1.70. The molecule has 0 aliphatic carbocycles. The summed E-state index contributed by atoms with van der Waals surface area (Å²) in [4.78, 5) is 38.8. The van der Waals surface area contributed by atoms with Gasteiger partial charge in [0.2, 0.25) is 0 Å².